The molecule has 288 valence electrons. The highest BCUT2D eigenvalue weighted by Gasteiger charge is 2.61. The van der Waals surface area contributed by atoms with Crippen LogP contribution in [0.3, 0.4) is 0 Å². The average Bonchev–Trinajstić information content (AvgIpc) is 3.92. The van der Waals surface area contributed by atoms with Crippen LogP contribution in [0.15, 0.2) is 37.1 Å². The summed E-state index contributed by atoms with van der Waals surface area (Å²) >= 11 is 6.59. The van der Waals surface area contributed by atoms with E-state index in [4.69, 9.17) is 30.0 Å². The first-order chi connectivity index (χ1) is 25.0. The Morgan fingerprint density at radius 3 is 2.42 bits per heavy atom. The van der Waals surface area contributed by atoms with Gasteiger partial charge in [-0.05, 0) is 74.5 Å². The highest BCUT2D eigenvalue weighted by molar-refractivity contribution is 7.85. The summed E-state index contributed by atoms with van der Waals surface area (Å²) in [5.74, 6) is -2.76. The summed E-state index contributed by atoms with van der Waals surface area (Å²) in [5.41, 5.74) is -2.07. The van der Waals surface area contributed by atoms with Crippen molar-refractivity contribution < 1.29 is 46.0 Å². The summed E-state index contributed by atoms with van der Waals surface area (Å²) in [6.07, 6.45) is 6.17. The standard InChI is InChI=1S/C38H48ClN3O10S/c1-6-22-19-38(22,36(46)41-53(47,48)52-24-11-12-24)20-30(43)29-17-25(51-34-27-13-14-31(49-5)33(39)26(27)15-16-40-34)21-42(29)35(45)28(37(2,3)4)18-32(44)50-23-9-7-8-10-23/h6,13-16,22-25,28-29H,1,7-12,17-21H2,2-5H3,(H,41,46)/t22-,25-,28-,29+,38-/m1/s1. The van der Waals surface area contributed by atoms with Gasteiger partial charge in [0.05, 0.1) is 48.6 Å². The van der Waals surface area contributed by atoms with Crippen LogP contribution < -0.4 is 14.2 Å². The van der Waals surface area contributed by atoms with Crippen molar-refractivity contribution in [1.82, 2.24) is 14.6 Å². The molecule has 1 N–H and O–H groups in total. The van der Waals surface area contributed by atoms with E-state index < -0.39 is 74.8 Å². The minimum atomic E-state index is -4.39. The summed E-state index contributed by atoms with van der Waals surface area (Å²) in [5, 5.41) is 1.62. The molecule has 5 atom stereocenters. The predicted molar refractivity (Wildman–Crippen MR) is 195 cm³/mol. The largest absolute Gasteiger partial charge is 0.495 e. The topological polar surface area (TPSA) is 168 Å². The van der Waals surface area contributed by atoms with Gasteiger partial charge >= 0.3 is 16.3 Å². The van der Waals surface area contributed by atoms with Gasteiger partial charge in [0.25, 0.3) is 0 Å². The smallest absolute Gasteiger partial charge is 0.362 e. The molecule has 15 heteroatoms. The van der Waals surface area contributed by atoms with Crippen LogP contribution in [0.4, 0.5) is 0 Å². The molecule has 0 bridgehead atoms. The first-order valence-electron chi connectivity index (χ1n) is 18.2. The number of nitrogens with zero attached hydrogens (tertiary/aromatic N) is 2. The van der Waals surface area contributed by atoms with E-state index in [9.17, 15) is 27.6 Å². The molecule has 3 aliphatic carbocycles. The van der Waals surface area contributed by atoms with Gasteiger partial charge in [0, 0.05) is 29.8 Å². The van der Waals surface area contributed by atoms with Crippen LogP contribution in [0.1, 0.15) is 85.0 Å². The van der Waals surface area contributed by atoms with Gasteiger partial charge in [-0.3, -0.25) is 23.4 Å². The summed E-state index contributed by atoms with van der Waals surface area (Å²) < 4.78 is 49.7. The molecule has 0 unspecified atom stereocenters. The van der Waals surface area contributed by atoms with E-state index in [1.54, 1.807) is 24.4 Å². The van der Waals surface area contributed by atoms with Crippen LogP contribution in [0.2, 0.25) is 5.02 Å². The maximum Gasteiger partial charge on any atom is 0.362 e. The lowest BCUT2D eigenvalue weighted by Crippen LogP contribution is -2.48. The Labute approximate surface area is 315 Å². The monoisotopic (exact) mass is 773 g/mol. The minimum absolute atomic E-state index is 0.00482. The maximum absolute atomic E-state index is 14.6. The summed E-state index contributed by atoms with van der Waals surface area (Å²) in [6, 6.07) is 4.15. The number of ketones is 1. The maximum atomic E-state index is 14.6. The molecule has 2 amide bonds. The quantitative estimate of drug-likeness (QED) is 0.180. The number of fused-ring (bicyclic) bond motifs is 1. The molecule has 2 heterocycles. The number of esters is 1. The molecule has 4 fully saturated rings. The molecule has 2 aromatic rings. The predicted octanol–water partition coefficient (Wildman–Crippen LogP) is 5.47. The number of amides is 2. The Bertz CT molecular complexity index is 1890. The zero-order valence-electron chi connectivity index (χ0n) is 30.6. The number of carbonyl (C=O) groups is 4. The molecule has 1 aliphatic heterocycles. The van der Waals surface area contributed by atoms with Gasteiger partial charge in [0.15, 0.2) is 5.78 Å². The molecule has 1 aromatic heterocycles. The molecule has 6 rings (SSSR count). The SMILES string of the molecule is C=C[C@@H]1C[C@]1(CC(=O)[C@@H]1C[C@@H](Oc2nccc3c(Cl)c(OC)ccc23)CN1C(=O)[C@@H](CC(=O)OC1CCCC1)C(C)(C)C)C(=O)NS(=O)(=O)OC1CC1. The van der Waals surface area contributed by atoms with Gasteiger partial charge in [-0.15, -0.1) is 6.58 Å². The minimum Gasteiger partial charge on any atom is -0.495 e. The number of rotatable bonds is 15. The van der Waals surface area contributed by atoms with Gasteiger partial charge < -0.3 is 19.1 Å². The third-order valence-electron chi connectivity index (χ3n) is 10.9. The summed E-state index contributed by atoms with van der Waals surface area (Å²) in [7, 11) is -2.87. The first-order valence-corrected chi connectivity index (χ1v) is 20.0. The number of nitrogens with one attached hydrogen (secondary N) is 1. The Morgan fingerprint density at radius 2 is 1.79 bits per heavy atom. The number of halogens is 1. The van der Waals surface area contributed by atoms with Crippen molar-refractivity contribution in [1.29, 1.82) is 0 Å². The number of aromatic nitrogens is 1. The lowest BCUT2D eigenvalue weighted by atomic mass is 9.77. The first kappa shape index (κ1) is 39.0. The third kappa shape index (κ3) is 8.65. The number of ether oxygens (including phenoxy) is 3. The number of allylic oxidation sites excluding steroid dienone is 1. The number of carbonyl (C=O) groups excluding carboxylic acids is 4. The zero-order chi connectivity index (χ0) is 38.3. The fraction of sp³-hybridized carbons (Fsp3) is 0.605. The van der Waals surface area contributed by atoms with E-state index in [1.165, 1.54) is 18.1 Å². The molecule has 13 nitrogen and oxygen atoms in total. The van der Waals surface area contributed by atoms with Gasteiger partial charge in [-0.1, -0.05) is 38.4 Å². The molecule has 1 saturated heterocycles. The highest BCUT2D eigenvalue weighted by Crippen LogP contribution is 2.57. The van der Waals surface area contributed by atoms with Crippen LogP contribution in [0, 0.1) is 22.7 Å². The fourth-order valence-electron chi connectivity index (χ4n) is 7.58. The molecule has 0 radical (unpaired) electrons. The normalized spacial score (nSPS) is 25.2. The van der Waals surface area contributed by atoms with Crippen LogP contribution in [0.5, 0.6) is 11.6 Å². The van der Waals surface area contributed by atoms with Crippen molar-refractivity contribution in [2.75, 3.05) is 13.7 Å². The lowest BCUT2D eigenvalue weighted by Gasteiger charge is -2.35. The number of pyridine rings is 1. The van der Waals surface area contributed by atoms with Crippen LogP contribution >= 0.6 is 11.6 Å². The Morgan fingerprint density at radius 1 is 1.08 bits per heavy atom. The van der Waals surface area contributed by atoms with Crippen LogP contribution in [0.25, 0.3) is 10.8 Å². The number of likely N-dealkylation sites (tertiary alicyclic amines) is 1. The molecule has 53 heavy (non-hydrogen) atoms. The van der Waals surface area contributed by atoms with Crippen molar-refractivity contribution in [2.45, 2.75) is 109 Å². The third-order valence-corrected chi connectivity index (χ3v) is 12.3. The molecule has 0 spiro atoms. The van der Waals surface area contributed by atoms with Gasteiger partial charge in [-0.2, -0.15) is 8.42 Å². The number of hydrogen-bond donors (Lipinski definition) is 1. The Hall–Kier alpha value is -3.75. The van der Waals surface area contributed by atoms with E-state index in [-0.39, 0.29) is 44.2 Å². The van der Waals surface area contributed by atoms with Crippen molar-refractivity contribution in [3.63, 3.8) is 0 Å². The second kappa shape index (κ2) is 15.2. The van der Waals surface area contributed by atoms with Gasteiger partial charge in [0.2, 0.25) is 17.7 Å². The molecule has 4 aliphatic rings. The van der Waals surface area contributed by atoms with Crippen molar-refractivity contribution in [3.8, 4) is 11.6 Å². The second-order valence-electron chi connectivity index (χ2n) is 15.8. The number of benzene rings is 1. The number of Topliss-reactive ketones (excluding diaryl/α,β-unsaturated/α-hetero) is 1. The van der Waals surface area contributed by atoms with E-state index in [2.05, 4.69) is 11.6 Å². The van der Waals surface area contributed by atoms with Crippen molar-refractivity contribution in [3.05, 3.63) is 42.1 Å². The van der Waals surface area contributed by atoms with Crippen LogP contribution in [-0.4, -0.2) is 79.9 Å². The van der Waals surface area contributed by atoms with Gasteiger partial charge in [-0.25, -0.2) is 9.71 Å². The lowest BCUT2D eigenvalue weighted by molar-refractivity contribution is -0.156. The van der Waals surface area contributed by atoms with E-state index >= 15 is 0 Å². The zero-order valence-corrected chi connectivity index (χ0v) is 32.2. The molecule has 3 saturated carbocycles. The summed E-state index contributed by atoms with van der Waals surface area (Å²) in [4.78, 5) is 61.6. The van der Waals surface area contributed by atoms with E-state index in [1.807, 2.05) is 25.5 Å². The summed E-state index contributed by atoms with van der Waals surface area (Å²) in [6.45, 7) is 9.37. The van der Waals surface area contributed by atoms with E-state index in [0.717, 1.165) is 25.7 Å². The Kier molecular flexibility index (Phi) is 11.2. The average molecular weight is 774 g/mol. The van der Waals surface area contributed by atoms with E-state index in [0.29, 0.717) is 34.4 Å². The molecule has 1 aromatic carbocycles. The second-order valence-corrected chi connectivity index (χ2v) is 17.5. The highest BCUT2D eigenvalue weighted by atomic mass is 35.5. The fourth-order valence-corrected chi connectivity index (χ4v) is 8.92. The van der Waals surface area contributed by atoms with Crippen molar-refractivity contribution >= 4 is 56.2 Å². The number of methoxy groups -OCH3 is 1. The Balaban J connectivity index is 1.27. The van der Waals surface area contributed by atoms with Crippen LogP contribution in [-0.2, 0) is 38.4 Å². The molecular weight excluding hydrogens is 726 g/mol. The molecular formula is C38H48ClN3O10S. The number of hydrogen-bond acceptors (Lipinski definition) is 11. The van der Waals surface area contributed by atoms with Crippen molar-refractivity contribution in [2.24, 2.45) is 22.7 Å². The van der Waals surface area contributed by atoms with Gasteiger partial charge in [0.1, 0.15) is 18.0 Å².